The van der Waals surface area contributed by atoms with E-state index in [1.165, 1.54) is 16.7 Å². The Morgan fingerprint density at radius 2 is 2.00 bits per heavy atom. The van der Waals surface area contributed by atoms with Crippen LogP contribution in [0.3, 0.4) is 0 Å². The minimum atomic E-state index is -1.12. The van der Waals surface area contributed by atoms with Gasteiger partial charge in [0.2, 0.25) is 17.7 Å². The zero-order valence-electron chi connectivity index (χ0n) is 20.7. The molecule has 4 fully saturated rings. The molecule has 5 rings (SSSR count). The molecule has 0 aromatic rings. The predicted molar refractivity (Wildman–Crippen MR) is 134 cm³/mol. The molecule has 0 unspecified atom stereocenters. The lowest BCUT2D eigenvalue weighted by Crippen LogP contribution is -2.66. The summed E-state index contributed by atoms with van der Waals surface area (Å²) in [7, 11) is 0. The van der Waals surface area contributed by atoms with Crippen molar-refractivity contribution in [1.82, 2.24) is 25.8 Å². The van der Waals surface area contributed by atoms with Gasteiger partial charge in [-0.05, 0) is 39.2 Å². The second kappa shape index (κ2) is 9.96. The van der Waals surface area contributed by atoms with E-state index in [1.807, 2.05) is 18.7 Å². The number of rotatable bonds is 7. The summed E-state index contributed by atoms with van der Waals surface area (Å²) in [6.07, 6.45) is 3.13. The van der Waals surface area contributed by atoms with Gasteiger partial charge in [-0.15, -0.1) is 11.8 Å². The number of carboxylic acids is 1. The van der Waals surface area contributed by atoms with Crippen molar-refractivity contribution in [3.05, 3.63) is 10.6 Å². The lowest BCUT2D eigenvalue weighted by molar-refractivity contribution is -0.158. The van der Waals surface area contributed by atoms with Gasteiger partial charge >= 0.3 is 5.97 Å². The number of likely N-dealkylation sites (tertiary alicyclic amines) is 1. The molecule has 3 amide bonds. The number of aliphatic carboxylic acids is 1. The van der Waals surface area contributed by atoms with Gasteiger partial charge < -0.3 is 36.6 Å². The van der Waals surface area contributed by atoms with E-state index in [4.69, 9.17) is 5.73 Å². The molecule has 12 heteroatoms. The molecule has 5 aliphatic heterocycles. The molecule has 5 heterocycles. The van der Waals surface area contributed by atoms with E-state index in [2.05, 4.69) is 16.0 Å². The van der Waals surface area contributed by atoms with E-state index in [1.54, 1.807) is 0 Å². The molecule has 0 spiro atoms. The third-order valence-corrected chi connectivity index (χ3v) is 9.81. The van der Waals surface area contributed by atoms with Crippen LogP contribution >= 0.6 is 11.8 Å². The van der Waals surface area contributed by atoms with Crippen molar-refractivity contribution in [1.29, 1.82) is 0 Å². The van der Waals surface area contributed by atoms with Crippen molar-refractivity contribution >= 4 is 35.5 Å². The van der Waals surface area contributed by atoms with Gasteiger partial charge in [0.15, 0.2) is 0 Å². The van der Waals surface area contributed by atoms with E-state index in [9.17, 15) is 24.3 Å². The fraction of sp³-hybridized carbons (Fsp3) is 0.750. The number of carbonyl (C=O) groups is 4. The van der Waals surface area contributed by atoms with Gasteiger partial charge in [0, 0.05) is 47.8 Å². The largest absolute Gasteiger partial charge is 0.477 e. The average Bonchev–Trinajstić information content (AvgIpc) is 3.62. The van der Waals surface area contributed by atoms with Crippen molar-refractivity contribution in [2.75, 3.05) is 26.2 Å². The molecule has 8 atom stereocenters. The Morgan fingerprint density at radius 1 is 1.22 bits per heavy atom. The van der Waals surface area contributed by atoms with E-state index < -0.39 is 17.9 Å². The van der Waals surface area contributed by atoms with Gasteiger partial charge in [0.25, 0.3) is 0 Å². The highest BCUT2D eigenvalue weighted by atomic mass is 32.2. The van der Waals surface area contributed by atoms with E-state index in [-0.39, 0.29) is 58.8 Å². The minimum Gasteiger partial charge on any atom is -0.477 e. The Labute approximate surface area is 214 Å². The van der Waals surface area contributed by atoms with E-state index in [0.717, 1.165) is 25.8 Å². The number of thioether (sulfide) groups is 1. The topological polar surface area (TPSA) is 157 Å². The number of hydrogen-bond acceptors (Lipinski definition) is 8. The molecule has 0 aliphatic carbocycles. The fourth-order valence-corrected chi connectivity index (χ4v) is 7.87. The first kappa shape index (κ1) is 25.5. The van der Waals surface area contributed by atoms with E-state index in [0.29, 0.717) is 31.0 Å². The van der Waals surface area contributed by atoms with Crippen LogP contribution in [0.5, 0.6) is 0 Å². The van der Waals surface area contributed by atoms with Crippen LogP contribution in [0.15, 0.2) is 10.6 Å². The molecule has 0 aromatic heterocycles. The highest BCUT2D eigenvalue weighted by Gasteiger charge is 2.60. The molecule has 0 bridgehead atoms. The van der Waals surface area contributed by atoms with Crippen molar-refractivity contribution in [3.63, 3.8) is 0 Å². The van der Waals surface area contributed by atoms with Crippen LogP contribution in [0.25, 0.3) is 0 Å². The molecule has 0 aromatic carbocycles. The summed E-state index contributed by atoms with van der Waals surface area (Å²) in [6, 6.07) is -1.20. The molecule has 11 nitrogen and oxygen atoms in total. The average molecular weight is 521 g/mol. The maximum Gasteiger partial charge on any atom is 0.353 e. The summed E-state index contributed by atoms with van der Waals surface area (Å²) in [5.74, 6) is -2.06. The zero-order valence-corrected chi connectivity index (χ0v) is 21.6. The Kier molecular flexibility index (Phi) is 7.05. The van der Waals surface area contributed by atoms with Crippen LogP contribution in [0.4, 0.5) is 0 Å². The number of amides is 3. The van der Waals surface area contributed by atoms with Crippen molar-refractivity contribution in [2.45, 2.75) is 75.0 Å². The van der Waals surface area contributed by atoms with Crippen LogP contribution in [0.1, 0.15) is 39.5 Å². The van der Waals surface area contributed by atoms with Crippen molar-refractivity contribution in [3.8, 4) is 0 Å². The van der Waals surface area contributed by atoms with Gasteiger partial charge in [-0.25, -0.2) is 4.79 Å². The maximum atomic E-state index is 13.1. The Hall–Kier alpha value is -2.15. The minimum absolute atomic E-state index is 0.0275. The molecule has 36 heavy (non-hydrogen) atoms. The fourth-order valence-electron chi connectivity index (χ4n) is 6.39. The van der Waals surface area contributed by atoms with Gasteiger partial charge in [0.05, 0.1) is 24.0 Å². The smallest absolute Gasteiger partial charge is 0.353 e. The zero-order chi connectivity index (χ0) is 25.7. The predicted octanol–water partition coefficient (Wildman–Crippen LogP) is -0.961. The number of hydrogen-bond donors (Lipinski definition) is 5. The van der Waals surface area contributed by atoms with Crippen molar-refractivity contribution < 1.29 is 24.3 Å². The van der Waals surface area contributed by atoms with Crippen LogP contribution in [-0.4, -0.2) is 100 Å². The highest BCUT2D eigenvalue weighted by Crippen LogP contribution is 2.51. The second-order valence-corrected chi connectivity index (χ2v) is 12.1. The Bertz CT molecular complexity index is 984. The Morgan fingerprint density at radius 3 is 2.64 bits per heavy atom. The highest BCUT2D eigenvalue weighted by molar-refractivity contribution is 8.03. The number of carbonyl (C=O) groups excluding carboxylic acids is 3. The summed E-state index contributed by atoms with van der Waals surface area (Å²) < 4.78 is 0. The molecule has 4 saturated heterocycles. The molecule has 0 radical (unpaired) electrons. The van der Waals surface area contributed by atoms with Crippen LogP contribution in [0.2, 0.25) is 0 Å². The number of β-lactam (4-membered cyclic amide) rings is 1. The first-order valence-electron chi connectivity index (χ1n) is 13.0. The molecular formula is C24H36N6O5S. The van der Waals surface area contributed by atoms with Crippen LogP contribution < -0.4 is 21.7 Å². The van der Waals surface area contributed by atoms with Gasteiger partial charge in [-0.3, -0.25) is 14.4 Å². The summed E-state index contributed by atoms with van der Waals surface area (Å²) in [6.45, 7) is 6.43. The SMILES string of the molecule is C[C@@H](NC(=O)[C@H]1CCCN1)[C@H]1C(=O)N2C(C(=O)O)=C(S[C@@H]3CN[C@H](C(=O)N4CC[C@H](N)C4)C3)[C@H](C)[C@H]12. The Balaban J connectivity index is 1.24. The third kappa shape index (κ3) is 4.42. The number of carboxylic acid groups (broad SMARTS) is 1. The number of nitrogens with zero attached hydrogens (tertiary/aromatic N) is 2. The van der Waals surface area contributed by atoms with Gasteiger partial charge in [0.1, 0.15) is 5.70 Å². The first-order valence-corrected chi connectivity index (χ1v) is 13.8. The monoisotopic (exact) mass is 520 g/mol. The molecule has 0 saturated carbocycles. The number of nitrogens with one attached hydrogen (secondary N) is 3. The molecule has 6 N–H and O–H groups in total. The van der Waals surface area contributed by atoms with Crippen LogP contribution in [-0.2, 0) is 19.2 Å². The third-order valence-electron chi connectivity index (χ3n) is 8.30. The summed E-state index contributed by atoms with van der Waals surface area (Å²) in [5, 5.41) is 19.5. The first-order chi connectivity index (χ1) is 17.2. The standard InChI is InChI=1S/C24H36N6O5S/c1-11-18-17(12(2)28-21(31)15-4-3-6-26-15)23(33)30(18)19(24(34)35)20(11)36-14-8-16(27-9-14)22(32)29-7-5-13(25)10-29/h11-18,26-27H,3-10,25H2,1-2H3,(H,28,31)(H,34,35)/t11-,12-,13+,14+,15-,16+,17-,18-/m1/s1. The summed E-state index contributed by atoms with van der Waals surface area (Å²) >= 11 is 1.47. The number of fused-ring (bicyclic) bond motifs is 1. The summed E-state index contributed by atoms with van der Waals surface area (Å²) in [5.41, 5.74) is 6.00. The summed E-state index contributed by atoms with van der Waals surface area (Å²) in [4.78, 5) is 54.7. The van der Waals surface area contributed by atoms with Gasteiger partial charge in [-0.2, -0.15) is 0 Å². The second-order valence-electron chi connectivity index (χ2n) is 10.7. The molecule has 198 valence electrons. The normalized spacial score (nSPS) is 36.8. The lowest BCUT2D eigenvalue weighted by atomic mass is 9.78. The molecule has 5 aliphatic rings. The number of nitrogens with two attached hydrogens (primary N) is 1. The maximum absolute atomic E-state index is 13.1. The quantitative estimate of drug-likeness (QED) is 0.267. The molecular weight excluding hydrogens is 484 g/mol. The van der Waals surface area contributed by atoms with E-state index >= 15 is 0 Å². The lowest BCUT2D eigenvalue weighted by Gasteiger charge is -2.47. The van der Waals surface area contributed by atoms with Crippen molar-refractivity contribution in [2.24, 2.45) is 17.6 Å². The van der Waals surface area contributed by atoms with Crippen LogP contribution in [0, 0.1) is 11.8 Å². The van der Waals surface area contributed by atoms with Gasteiger partial charge in [-0.1, -0.05) is 6.92 Å².